The topological polar surface area (TPSA) is 20.2 Å². The van der Waals surface area contributed by atoms with Crippen LogP contribution in [0.1, 0.15) is 20.8 Å². The fourth-order valence-corrected chi connectivity index (χ4v) is 2.42. The van der Waals surface area contributed by atoms with Crippen molar-refractivity contribution in [2.24, 2.45) is 0 Å². The Bertz CT molecular complexity index is 264. The van der Waals surface area contributed by atoms with Crippen LogP contribution in [0.3, 0.4) is 0 Å². The Labute approximate surface area is 89.8 Å². The summed E-state index contributed by atoms with van der Waals surface area (Å²) in [4.78, 5) is 0. The first-order chi connectivity index (χ1) is 5.37. The van der Waals surface area contributed by atoms with Gasteiger partial charge in [-0.2, -0.15) is 0 Å². The van der Waals surface area contributed by atoms with Gasteiger partial charge in [0.15, 0.2) is 0 Å². The third-order valence-corrected chi connectivity index (χ3v) is 4.98. The van der Waals surface area contributed by atoms with Crippen molar-refractivity contribution >= 4 is 31.9 Å². The maximum Gasteiger partial charge on any atom is 0.0947 e. The number of allylic oxidation sites excluding steroid dienone is 2. The quantitative estimate of drug-likeness (QED) is 0.681. The summed E-state index contributed by atoms with van der Waals surface area (Å²) in [6.07, 6.45) is 1.55. The maximum absolute atomic E-state index is 9.81. The van der Waals surface area contributed by atoms with Gasteiger partial charge in [0.1, 0.15) is 0 Å². The normalized spacial score (nSPS) is 36.8. The molecular formula is C9H12Br2O. The zero-order valence-electron chi connectivity index (χ0n) is 7.36. The summed E-state index contributed by atoms with van der Waals surface area (Å²) in [5.74, 6) is 0. The fraction of sp³-hybridized carbons (Fsp3) is 0.556. The lowest BCUT2D eigenvalue weighted by molar-refractivity contribution is 0.187. The summed E-state index contributed by atoms with van der Waals surface area (Å²) in [6, 6.07) is 0. The maximum atomic E-state index is 9.81. The molecule has 0 aromatic carbocycles. The van der Waals surface area contributed by atoms with Crippen molar-refractivity contribution in [3.8, 4) is 0 Å². The summed E-state index contributed by atoms with van der Waals surface area (Å²) < 4.78 is 0.656. The first-order valence-electron chi connectivity index (χ1n) is 3.79. The second kappa shape index (κ2) is 3.28. The van der Waals surface area contributed by atoms with Gasteiger partial charge in [-0.05, 0) is 31.9 Å². The van der Waals surface area contributed by atoms with Crippen molar-refractivity contribution < 1.29 is 5.11 Å². The Morgan fingerprint density at radius 2 is 2.00 bits per heavy atom. The molecule has 0 bridgehead atoms. The highest BCUT2D eigenvalue weighted by molar-refractivity contribution is 9.14. The lowest BCUT2D eigenvalue weighted by Crippen LogP contribution is -2.37. The molecule has 0 aromatic rings. The summed E-state index contributed by atoms with van der Waals surface area (Å²) in [5, 5.41) is 9.81. The number of hydrogen-bond donors (Lipinski definition) is 1. The highest BCUT2D eigenvalue weighted by Crippen LogP contribution is 2.42. The van der Waals surface area contributed by atoms with E-state index in [-0.39, 0.29) is 4.32 Å². The number of aliphatic hydroxyl groups excluding tert-OH is 1. The number of aliphatic hydroxyl groups is 1. The van der Waals surface area contributed by atoms with Crippen LogP contribution in [0.15, 0.2) is 21.7 Å². The molecule has 2 atom stereocenters. The van der Waals surface area contributed by atoms with E-state index in [9.17, 15) is 5.11 Å². The van der Waals surface area contributed by atoms with Crippen molar-refractivity contribution in [1.29, 1.82) is 0 Å². The van der Waals surface area contributed by atoms with E-state index in [4.69, 9.17) is 0 Å². The molecule has 0 amide bonds. The molecule has 0 heterocycles. The Kier molecular flexibility index (Phi) is 2.86. The lowest BCUT2D eigenvalue weighted by atomic mass is 9.90. The van der Waals surface area contributed by atoms with Crippen molar-refractivity contribution in [1.82, 2.24) is 0 Å². The zero-order chi connectivity index (χ0) is 9.52. The van der Waals surface area contributed by atoms with Gasteiger partial charge >= 0.3 is 0 Å². The van der Waals surface area contributed by atoms with Crippen molar-refractivity contribution in [2.45, 2.75) is 31.2 Å². The van der Waals surface area contributed by atoms with Crippen LogP contribution in [0.4, 0.5) is 0 Å². The summed E-state index contributed by atoms with van der Waals surface area (Å²) in [5.41, 5.74) is 2.16. The molecule has 1 aliphatic carbocycles. The highest BCUT2D eigenvalue weighted by Gasteiger charge is 2.37. The molecule has 1 nitrogen and oxygen atoms in total. The van der Waals surface area contributed by atoms with Gasteiger partial charge in [0, 0.05) is 4.48 Å². The lowest BCUT2D eigenvalue weighted by Gasteiger charge is -2.33. The predicted octanol–water partition coefficient (Wildman–Crippen LogP) is 3.13. The van der Waals surface area contributed by atoms with Gasteiger partial charge in [-0.1, -0.05) is 37.9 Å². The van der Waals surface area contributed by atoms with E-state index in [1.54, 1.807) is 0 Å². The van der Waals surface area contributed by atoms with E-state index in [2.05, 4.69) is 31.9 Å². The standard InChI is InChI=1S/C9H12Br2O/c1-5-4-6(2)8(12)9(3,11)7(5)10/h4,8,12H,1-3H3. The molecule has 1 aliphatic rings. The Morgan fingerprint density at radius 1 is 1.50 bits per heavy atom. The molecule has 0 fully saturated rings. The molecule has 68 valence electrons. The first kappa shape index (κ1) is 10.5. The van der Waals surface area contributed by atoms with Crippen molar-refractivity contribution in [2.75, 3.05) is 0 Å². The third-order valence-electron chi connectivity index (χ3n) is 2.16. The Hall–Kier alpha value is 0.400. The fourth-order valence-electron chi connectivity index (χ4n) is 1.42. The SMILES string of the molecule is CC1=CC(C)=C(Br)C(C)(Br)C1O. The second-order valence-electron chi connectivity index (χ2n) is 3.36. The highest BCUT2D eigenvalue weighted by atomic mass is 79.9. The van der Waals surface area contributed by atoms with E-state index in [0.717, 1.165) is 15.6 Å². The second-order valence-corrected chi connectivity index (χ2v) is 5.80. The van der Waals surface area contributed by atoms with Gasteiger partial charge in [0.05, 0.1) is 10.4 Å². The molecule has 0 spiro atoms. The zero-order valence-corrected chi connectivity index (χ0v) is 10.5. The van der Waals surface area contributed by atoms with Gasteiger partial charge in [0.25, 0.3) is 0 Å². The van der Waals surface area contributed by atoms with Crippen LogP contribution in [-0.4, -0.2) is 15.5 Å². The van der Waals surface area contributed by atoms with Crippen LogP contribution in [0.5, 0.6) is 0 Å². The molecule has 12 heavy (non-hydrogen) atoms. The molecule has 1 N–H and O–H groups in total. The largest absolute Gasteiger partial charge is 0.387 e. The molecule has 3 heteroatoms. The van der Waals surface area contributed by atoms with Crippen molar-refractivity contribution in [3.05, 3.63) is 21.7 Å². The number of halogens is 2. The predicted molar refractivity (Wildman–Crippen MR) is 58.7 cm³/mol. The molecule has 1 rings (SSSR count). The van der Waals surface area contributed by atoms with Crippen LogP contribution >= 0.6 is 31.9 Å². The van der Waals surface area contributed by atoms with E-state index < -0.39 is 6.10 Å². The number of rotatable bonds is 0. The number of hydrogen-bond acceptors (Lipinski definition) is 1. The van der Waals surface area contributed by atoms with Crippen LogP contribution in [0.25, 0.3) is 0 Å². The molecule has 2 unspecified atom stereocenters. The summed E-state index contributed by atoms with van der Waals surface area (Å²) >= 11 is 6.98. The Morgan fingerprint density at radius 3 is 2.50 bits per heavy atom. The van der Waals surface area contributed by atoms with E-state index in [1.807, 2.05) is 26.8 Å². The van der Waals surface area contributed by atoms with E-state index in [0.29, 0.717) is 0 Å². The van der Waals surface area contributed by atoms with E-state index in [1.165, 1.54) is 0 Å². The smallest absolute Gasteiger partial charge is 0.0947 e. The molecule has 0 saturated carbocycles. The monoisotopic (exact) mass is 294 g/mol. The third kappa shape index (κ3) is 1.54. The van der Waals surface area contributed by atoms with Gasteiger partial charge in [-0.3, -0.25) is 0 Å². The average molecular weight is 296 g/mol. The van der Waals surface area contributed by atoms with Crippen LogP contribution < -0.4 is 0 Å². The van der Waals surface area contributed by atoms with Gasteiger partial charge in [-0.25, -0.2) is 0 Å². The Balaban J connectivity index is 3.18. The minimum atomic E-state index is -0.449. The molecular weight excluding hydrogens is 284 g/mol. The molecule has 0 saturated heterocycles. The van der Waals surface area contributed by atoms with Gasteiger partial charge < -0.3 is 5.11 Å². The van der Waals surface area contributed by atoms with Crippen LogP contribution in [0, 0.1) is 0 Å². The molecule has 0 aliphatic heterocycles. The van der Waals surface area contributed by atoms with Gasteiger partial charge in [-0.15, -0.1) is 0 Å². The molecule has 0 aromatic heterocycles. The number of alkyl halides is 1. The minimum absolute atomic E-state index is 0.365. The van der Waals surface area contributed by atoms with Crippen LogP contribution in [-0.2, 0) is 0 Å². The summed E-state index contributed by atoms with van der Waals surface area (Å²) in [7, 11) is 0. The molecule has 0 radical (unpaired) electrons. The van der Waals surface area contributed by atoms with Crippen LogP contribution in [0.2, 0.25) is 0 Å². The van der Waals surface area contributed by atoms with Crippen molar-refractivity contribution in [3.63, 3.8) is 0 Å². The minimum Gasteiger partial charge on any atom is -0.387 e. The first-order valence-corrected chi connectivity index (χ1v) is 5.38. The van der Waals surface area contributed by atoms with E-state index >= 15 is 0 Å². The van der Waals surface area contributed by atoms with Gasteiger partial charge in [0.2, 0.25) is 0 Å². The summed E-state index contributed by atoms with van der Waals surface area (Å²) in [6.45, 7) is 5.92. The average Bonchev–Trinajstić information content (AvgIpc) is 1.99.